The van der Waals surface area contributed by atoms with Gasteiger partial charge in [-0.15, -0.1) is 0 Å². The Hall–Kier alpha value is -3.93. The lowest BCUT2D eigenvalue weighted by Gasteiger charge is -2.21. The first kappa shape index (κ1) is 22.7. The van der Waals surface area contributed by atoms with Crippen molar-refractivity contribution in [3.05, 3.63) is 50.1 Å². The van der Waals surface area contributed by atoms with Crippen molar-refractivity contribution in [2.24, 2.45) is 0 Å². The standard InChI is InChI=1S/C19H15ClN2O10/c1-4-31-16(25)7-5-6-11(21-7)8(10(20)14(24)13(6)23)9(17(26)29-2)15-12(18(27)30-3)22-19(28)32-15/h5,9,21H,4H2,1-3H3,(H,22,28). The van der Waals surface area contributed by atoms with E-state index in [1.165, 1.54) is 0 Å². The first-order chi connectivity index (χ1) is 15.2. The number of fused-ring (bicyclic) bond motifs is 1. The summed E-state index contributed by atoms with van der Waals surface area (Å²) in [6.07, 6.45) is 0. The van der Waals surface area contributed by atoms with E-state index in [9.17, 15) is 28.8 Å². The second-order valence-corrected chi connectivity index (χ2v) is 6.66. The van der Waals surface area contributed by atoms with Gasteiger partial charge in [-0.1, -0.05) is 11.6 Å². The van der Waals surface area contributed by atoms with Gasteiger partial charge in [0.05, 0.1) is 37.1 Å². The van der Waals surface area contributed by atoms with E-state index in [2.05, 4.69) is 14.7 Å². The number of rotatable bonds is 6. The van der Waals surface area contributed by atoms with Gasteiger partial charge < -0.3 is 23.6 Å². The lowest BCUT2D eigenvalue weighted by Crippen LogP contribution is -2.27. The minimum absolute atomic E-state index is 0.0284. The summed E-state index contributed by atoms with van der Waals surface area (Å²) in [5.74, 6) is -8.66. The first-order valence-electron chi connectivity index (χ1n) is 8.94. The van der Waals surface area contributed by atoms with E-state index in [-0.39, 0.29) is 29.1 Å². The number of carbonyl (C=O) groups excluding carboxylic acids is 5. The number of allylic oxidation sites excluding steroid dienone is 1. The molecule has 0 bridgehead atoms. The predicted molar refractivity (Wildman–Crippen MR) is 104 cm³/mol. The number of hydrogen-bond acceptors (Lipinski definition) is 10. The van der Waals surface area contributed by atoms with E-state index in [1.807, 2.05) is 0 Å². The molecule has 0 aliphatic heterocycles. The quantitative estimate of drug-likeness (QED) is 0.354. The molecular weight excluding hydrogens is 452 g/mol. The second kappa shape index (κ2) is 8.67. The maximum atomic E-state index is 12.7. The van der Waals surface area contributed by atoms with Crippen molar-refractivity contribution in [3.63, 3.8) is 0 Å². The predicted octanol–water partition coefficient (Wildman–Crippen LogP) is 0.931. The minimum Gasteiger partial charge on any atom is -0.468 e. The zero-order valence-electron chi connectivity index (χ0n) is 16.8. The molecule has 168 valence electrons. The zero-order valence-corrected chi connectivity index (χ0v) is 17.6. The van der Waals surface area contributed by atoms with Crippen LogP contribution < -0.4 is 5.76 Å². The molecule has 0 saturated carbocycles. The van der Waals surface area contributed by atoms with E-state index in [0.717, 1.165) is 20.3 Å². The van der Waals surface area contributed by atoms with Crippen molar-refractivity contribution in [3.8, 4) is 0 Å². The van der Waals surface area contributed by atoms with Crippen LogP contribution in [0.1, 0.15) is 55.6 Å². The Kier molecular flexibility index (Phi) is 6.16. The third-order valence-electron chi connectivity index (χ3n) is 4.52. The van der Waals surface area contributed by atoms with Crippen molar-refractivity contribution in [2.75, 3.05) is 20.8 Å². The highest BCUT2D eigenvalue weighted by atomic mass is 35.5. The Labute approximate surface area is 183 Å². The monoisotopic (exact) mass is 466 g/mol. The van der Waals surface area contributed by atoms with Gasteiger partial charge in [0, 0.05) is 5.57 Å². The third-order valence-corrected chi connectivity index (χ3v) is 4.90. The molecule has 13 heteroatoms. The number of aromatic nitrogens is 2. The van der Waals surface area contributed by atoms with Gasteiger partial charge in [0.25, 0.3) is 0 Å². The van der Waals surface area contributed by atoms with Crippen molar-refractivity contribution in [2.45, 2.75) is 12.8 Å². The minimum atomic E-state index is -1.76. The number of Topliss-reactive ketones (excluding diaryl/α,β-unsaturated/α-hetero) is 2. The average molecular weight is 467 g/mol. The SMILES string of the molecule is CCOC(=O)c1cc2c([nH]1)C(C(C(=O)OC)c1oc(=O)[nH]c1C(=O)OC)=C(Cl)C(=O)C2=O. The summed E-state index contributed by atoms with van der Waals surface area (Å²) in [5, 5.41) is -0.699. The van der Waals surface area contributed by atoms with Gasteiger partial charge in [-0.25, -0.2) is 14.4 Å². The summed E-state index contributed by atoms with van der Waals surface area (Å²) in [5.41, 5.74) is -1.54. The Morgan fingerprint density at radius 3 is 2.34 bits per heavy atom. The Morgan fingerprint density at radius 2 is 1.75 bits per heavy atom. The summed E-state index contributed by atoms with van der Waals surface area (Å²) in [6.45, 7) is 1.59. The maximum absolute atomic E-state index is 12.7. The topological polar surface area (TPSA) is 175 Å². The molecule has 0 aromatic carbocycles. The Morgan fingerprint density at radius 1 is 1.06 bits per heavy atom. The van der Waals surface area contributed by atoms with E-state index < -0.39 is 57.6 Å². The molecule has 1 atom stereocenters. The molecule has 1 aliphatic rings. The Balaban J connectivity index is 2.31. The number of methoxy groups -OCH3 is 2. The molecule has 0 saturated heterocycles. The Bertz CT molecular complexity index is 1250. The van der Waals surface area contributed by atoms with Crippen LogP contribution in [-0.4, -0.2) is 60.3 Å². The summed E-state index contributed by atoms with van der Waals surface area (Å²) < 4.78 is 19.2. The zero-order chi connectivity index (χ0) is 23.7. The average Bonchev–Trinajstić information content (AvgIpc) is 3.38. The summed E-state index contributed by atoms with van der Waals surface area (Å²) in [4.78, 5) is 78.5. The molecule has 12 nitrogen and oxygen atoms in total. The van der Waals surface area contributed by atoms with Crippen molar-refractivity contribution < 1.29 is 42.6 Å². The van der Waals surface area contributed by atoms with E-state index in [0.29, 0.717) is 0 Å². The number of hydrogen-bond donors (Lipinski definition) is 2. The molecule has 2 aromatic rings. The molecule has 2 N–H and O–H groups in total. The number of carbonyl (C=O) groups is 5. The second-order valence-electron chi connectivity index (χ2n) is 6.28. The largest absolute Gasteiger partial charge is 0.468 e. The number of esters is 3. The van der Waals surface area contributed by atoms with Crippen LogP contribution in [0, 0.1) is 0 Å². The molecule has 0 spiro atoms. The number of nitrogens with one attached hydrogen (secondary N) is 2. The molecule has 0 amide bonds. The molecule has 3 rings (SSSR count). The molecule has 1 unspecified atom stereocenters. The fourth-order valence-corrected chi connectivity index (χ4v) is 3.45. The lowest BCUT2D eigenvalue weighted by molar-refractivity contribution is -0.141. The molecule has 2 aromatic heterocycles. The van der Waals surface area contributed by atoms with Gasteiger partial charge in [0.2, 0.25) is 11.6 Å². The molecular formula is C19H15ClN2O10. The number of H-pyrrole nitrogens is 2. The van der Waals surface area contributed by atoms with Crippen LogP contribution in [0.5, 0.6) is 0 Å². The lowest BCUT2D eigenvalue weighted by atomic mass is 9.85. The highest BCUT2D eigenvalue weighted by Gasteiger charge is 2.44. The highest BCUT2D eigenvalue weighted by molar-refractivity contribution is 6.64. The van der Waals surface area contributed by atoms with Gasteiger partial charge in [0.15, 0.2) is 11.5 Å². The molecule has 1 aliphatic carbocycles. The normalized spacial score (nSPS) is 14.1. The summed E-state index contributed by atoms with van der Waals surface area (Å²) in [7, 11) is 2.02. The van der Waals surface area contributed by atoms with Crippen LogP contribution in [0.25, 0.3) is 5.57 Å². The van der Waals surface area contributed by atoms with Gasteiger partial charge in [-0.3, -0.25) is 19.4 Å². The van der Waals surface area contributed by atoms with Crippen molar-refractivity contribution in [1.29, 1.82) is 0 Å². The summed E-state index contributed by atoms with van der Waals surface area (Å²) >= 11 is 6.14. The van der Waals surface area contributed by atoms with Gasteiger partial charge in [-0.05, 0) is 13.0 Å². The van der Waals surface area contributed by atoms with Gasteiger partial charge >= 0.3 is 23.7 Å². The van der Waals surface area contributed by atoms with Crippen LogP contribution in [0.15, 0.2) is 20.3 Å². The number of oxazole rings is 1. The van der Waals surface area contributed by atoms with E-state index >= 15 is 0 Å². The third kappa shape index (κ3) is 3.64. The highest BCUT2D eigenvalue weighted by Crippen LogP contribution is 2.42. The fourth-order valence-electron chi connectivity index (χ4n) is 3.16. The van der Waals surface area contributed by atoms with Crippen LogP contribution in [0.3, 0.4) is 0 Å². The van der Waals surface area contributed by atoms with Crippen LogP contribution >= 0.6 is 11.6 Å². The van der Waals surface area contributed by atoms with Crippen molar-refractivity contribution >= 4 is 46.6 Å². The smallest absolute Gasteiger partial charge is 0.417 e. The van der Waals surface area contributed by atoms with E-state index in [4.69, 9.17) is 25.5 Å². The van der Waals surface area contributed by atoms with E-state index in [1.54, 1.807) is 6.92 Å². The number of ketones is 2. The number of halogens is 1. The molecule has 32 heavy (non-hydrogen) atoms. The summed E-state index contributed by atoms with van der Waals surface area (Å²) in [6, 6.07) is 1.07. The fraction of sp³-hybridized carbons (Fsp3) is 0.263. The molecule has 2 heterocycles. The molecule has 0 fully saturated rings. The number of aromatic amines is 2. The van der Waals surface area contributed by atoms with Gasteiger partial charge in [-0.2, -0.15) is 0 Å². The van der Waals surface area contributed by atoms with Gasteiger partial charge in [0.1, 0.15) is 11.6 Å². The van der Waals surface area contributed by atoms with Crippen LogP contribution in [0.4, 0.5) is 0 Å². The van der Waals surface area contributed by atoms with Crippen LogP contribution in [-0.2, 0) is 23.8 Å². The first-order valence-corrected chi connectivity index (χ1v) is 9.32. The van der Waals surface area contributed by atoms with Crippen molar-refractivity contribution in [1.82, 2.24) is 9.97 Å². The number of ether oxygens (including phenoxy) is 3. The maximum Gasteiger partial charge on any atom is 0.417 e. The van der Waals surface area contributed by atoms with Crippen LogP contribution in [0.2, 0.25) is 0 Å². The molecule has 0 radical (unpaired) electrons.